The summed E-state index contributed by atoms with van der Waals surface area (Å²) in [6.45, 7) is 6.16. The number of methoxy groups -OCH3 is 1. The molecule has 0 atom stereocenters. The number of benzene rings is 1. The maximum atomic E-state index is 14.0. The van der Waals surface area contributed by atoms with Crippen LogP contribution in [-0.4, -0.2) is 89.4 Å². The first-order valence-corrected chi connectivity index (χ1v) is 9.38. The number of hydrogen-bond acceptors (Lipinski definition) is 4. The SMILES string of the molecule is CN=C(NCCCN(C)CCOC)N1CCN(c2cc(F)ccc2F)CC1. The van der Waals surface area contributed by atoms with Crippen molar-refractivity contribution in [1.29, 1.82) is 0 Å². The normalized spacial score (nSPS) is 15.6. The van der Waals surface area contributed by atoms with E-state index in [1.165, 1.54) is 12.1 Å². The summed E-state index contributed by atoms with van der Waals surface area (Å²) in [5.41, 5.74) is 0.330. The molecule has 0 amide bonds. The number of guanidine groups is 1. The lowest BCUT2D eigenvalue weighted by Crippen LogP contribution is -2.53. The molecule has 1 fully saturated rings. The largest absolute Gasteiger partial charge is 0.383 e. The quantitative estimate of drug-likeness (QED) is 0.420. The highest BCUT2D eigenvalue weighted by Crippen LogP contribution is 2.21. The molecular formula is C19H31F2N5O. The van der Waals surface area contributed by atoms with E-state index < -0.39 is 5.82 Å². The molecule has 152 valence electrons. The van der Waals surface area contributed by atoms with Crippen LogP contribution in [0.2, 0.25) is 0 Å². The Bertz CT molecular complexity index is 606. The number of ether oxygens (including phenoxy) is 1. The summed E-state index contributed by atoms with van der Waals surface area (Å²) in [6, 6.07) is 3.59. The second-order valence-corrected chi connectivity index (χ2v) is 6.69. The highest BCUT2D eigenvalue weighted by molar-refractivity contribution is 5.80. The molecule has 1 heterocycles. The minimum Gasteiger partial charge on any atom is -0.383 e. The fraction of sp³-hybridized carbons (Fsp3) is 0.632. The number of hydrogen-bond donors (Lipinski definition) is 1. The van der Waals surface area contributed by atoms with E-state index >= 15 is 0 Å². The van der Waals surface area contributed by atoms with Crippen molar-refractivity contribution in [3.8, 4) is 0 Å². The average Bonchev–Trinajstić information content (AvgIpc) is 2.68. The Kier molecular flexibility index (Phi) is 8.74. The van der Waals surface area contributed by atoms with Gasteiger partial charge >= 0.3 is 0 Å². The van der Waals surface area contributed by atoms with Gasteiger partial charge in [-0.1, -0.05) is 0 Å². The van der Waals surface area contributed by atoms with Crippen LogP contribution in [0.15, 0.2) is 23.2 Å². The second kappa shape index (κ2) is 11.0. The van der Waals surface area contributed by atoms with Crippen molar-refractivity contribution >= 4 is 11.6 Å². The van der Waals surface area contributed by atoms with E-state index in [-0.39, 0.29) is 5.82 Å². The van der Waals surface area contributed by atoms with E-state index in [0.717, 1.165) is 44.7 Å². The van der Waals surface area contributed by atoms with E-state index in [2.05, 4.69) is 27.2 Å². The summed E-state index contributed by atoms with van der Waals surface area (Å²) in [5.74, 6) is 0.0561. The molecular weight excluding hydrogens is 352 g/mol. The molecule has 1 aromatic rings. The number of likely N-dealkylation sites (N-methyl/N-ethyl adjacent to an activating group) is 1. The van der Waals surface area contributed by atoms with E-state index in [9.17, 15) is 8.78 Å². The van der Waals surface area contributed by atoms with Crippen molar-refractivity contribution in [3.63, 3.8) is 0 Å². The first-order valence-electron chi connectivity index (χ1n) is 9.38. The zero-order valence-corrected chi connectivity index (χ0v) is 16.5. The zero-order chi connectivity index (χ0) is 19.6. The summed E-state index contributed by atoms with van der Waals surface area (Å²) < 4.78 is 32.4. The molecule has 0 saturated carbocycles. The lowest BCUT2D eigenvalue weighted by molar-refractivity contribution is 0.161. The lowest BCUT2D eigenvalue weighted by Gasteiger charge is -2.37. The van der Waals surface area contributed by atoms with Crippen LogP contribution in [0, 0.1) is 11.6 Å². The number of aliphatic imine (C=N–C) groups is 1. The van der Waals surface area contributed by atoms with E-state index in [1.807, 2.05) is 4.90 Å². The van der Waals surface area contributed by atoms with Crippen LogP contribution in [-0.2, 0) is 4.74 Å². The lowest BCUT2D eigenvalue weighted by atomic mass is 10.2. The van der Waals surface area contributed by atoms with Crippen LogP contribution in [0.5, 0.6) is 0 Å². The monoisotopic (exact) mass is 383 g/mol. The number of halogens is 2. The van der Waals surface area contributed by atoms with Gasteiger partial charge in [-0.3, -0.25) is 4.99 Å². The Morgan fingerprint density at radius 2 is 1.96 bits per heavy atom. The Hall–Kier alpha value is -1.93. The van der Waals surface area contributed by atoms with Crippen LogP contribution in [0.1, 0.15) is 6.42 Å². The van der Waals surface area contributed by atoms with E-state index in [0.29, 0.717) is 31.9 Å². The topological polar surface area (TPSA) is 43.3 Å². The molecule has 0 aliphatic carbocycles. The van der Waals surface area contributed by atoms with Crippen LogP contribution >= 0.6 is 0 Å². The summed E-state index contributed by atoms with van der Waals surface area (Å²) in [7, 11) is 5.56. The van der Waals surface area contributed by atoms with Gasteiger partial charge in [-0.25, -0.2) is 8.78 Å². The molecule has 1 N–H and O–H groups in total. The zero-order valence-electron chi connectivity index (χ0n) is 16.5. The maximum Gasteiger partial charge on any atom is 0.193 e. The summed E-state index contributed by atoms with van der Waals surface area (Å²) >= 11 is 0. The third-order valence-electron chi connectivity index (χ3n) is 4.72. The van der Waals surface area contributed by atoms with Crippen LogP contribution in [0.4, 0.5) is 14.5 Å². The van der Waals surface area contributed by atoms with Gasteiger partial charge in [0, 0.05) is 59.5 Å². The molecule has 1 saturated heterocycles. The molecule has 1 aliphatic rings. The van der Waals surface area contributed by atoms with Gasteiger partial charge in [-0.15, -0.1) is 0 Å². The van der Waals surface area contributed by atoms with Gasteiger partial charge in [-0.2, -0.15) is 0 Å². The molecule has 8 heteroatoms. The predicted molar refractivity (Wildman–Crippen MR) is 105 cm³/mol. The summed E-state index contributed by atoms with van der Waals surface area (Å²) in [6.07, 6.45) is 1.01. The highest BCUT2D eigenvalue weighted by Gasteiger charge is 2.21. The van der Waals surface area contributed by atoms with Crippen LogP contribution < -0.4 is 10.2 Å². The molecule has 0 aromatic heterocycles. The molecule has 6 nitrogen and oxygen atoms in total. The van der Waals surface area contributed by atoms with Gasteiger partial charge in [-0.05, 0) is 32.1 Å². The van der Waals surface area contributed by atoms with Gasteiger partial charge in [0.2, 0.25) is 0 Å². The first-order chi connectivity index (χ1) is 13.0. The third kappa shape index (κ3) is 6.62. The molecule has 0 bridgehead atoms. The standard InChI is InChI=1S/C19H31F2N5O/c1-22-19(23-7-4-8-24(2)13-14-27-3)26-11-9-25(10-12-26)18-15-16(20)5-6-17(18)21/h5-6,15H,4,7-14H2,1-3H3,(H,22,23). The minimum absolute atomic E-state index is 0.330. The Morgan fingerprint density at radius 1 is 1.22 bits per heavy atom. The summed E-state index contributed by atoms with van der Waals surface area (Å²) in [4.78, 5) is 10.6. The fourth-order valence-corrected chi connectivity index (χ4v) is 3.13. The Morgan fingerprint density at radius 3 is 2.63 bits per heavy atom. The van der Waals surface area contributed by atoms with Crippen molar-refractivity contribution in [1.82, 2.24) is 15.1 Å². The molecule has 0 unspecified atom stereocenters. The number of nitrogens with zero attached hydrogens (tertiary/aromatic N) is 4. The van der Waals surface area contributed by atoms with Gasteiger partial charge in [0.25, 0.3) is 0 Å². The third-order valence-corrected chi connectivity index (χ3v) is 4.72. The van der Waals surface area contributed by atoms with Gasteiger partial charge < -0.3 is 24.8 Å². The number of piperazine rings is 1. The van der Waals surface area contributed by atoms with E-state index in [4.69, 9.17) is 4.74 Å². The Labute approximate surface area is 160 Å². The molecule has 2 rings (SSSR count). The average molecular weight is 383 g/mol. The van der Waals surface area contributed by atoms with Gasteiger partial charge in [0.05, 0.1) is 12.3 Å². The number of anilines is 1. The van der Waals surface area contributed by atoms with Crippen LogP contribution in [0.3, 0.4) is 0 Å². The smallest absolute Gasteiger partial charge is 0.193 e. The minimum atomic E-state index is -0.415. The van der Waals surface area contributed by atoms with Crippen molar-refractivity contribution in [2.45, 2.75) is 6.42 Å². The predicted octanol–water partition coefficient (Wildman–Crippen LogP) is 1.63. The fourth-order valence-electron chi connectivity index (χ4n) is 3.13. The van der Waals surface area contributed by atoms with Crippen molar-refractivity contribution in [2.24, 2.45) is 4.99 Å². The van der Waals surface area contributed by atoms with Crippen molar-refractivity contribution in [2.75, 3.05) is 78.5 Å². The Balaban J connectivity index is 1.76. The maximum absolute atomic E-state index is 14.0. The molecule has 0 spiro atoms. The first kappa shape index (κ1) is 21.4. The number of nitrogens with one attached hydrogen (secondary N) is 1. The van der Waals surface area contributed by atoms with Gasteiger partial charge in [0.15, 0.2) is 5.96 Å². The summed E-state index contributed by atoms with van der Waals surface area (Å²) in [5, 5.41) is 3.39. The molecule has 1 aromatic carbocycles. The van der Waals surface area contributed by atoms with Crippen LogP contribution in [0.25, 0.3) is 0 Å². The van der Waals surface area contributed by atoms with Gasteiger partial charge in [0.1, 0.15) is 11.6 Å². The number of rotatable bonds is 8. The molecule has 0 radical (unpaired) electrons. The van der Waals surface area contributed by atoms with Crippen molar-refractivity contribution in [3.05, 3.63) is 29.8 Å². The van der Waals surface area contributed by atoms with E-state index in [1.54, 1.807) is 14.2 Å². The van der Waals surface area contributed by atoms with Crippen molar-refractivity contribution < 1.29 is 13.5 Å². The second-order valence-electron chi connectivity index (χ2n) is 6.69. The highest BCUT2D eigenvalue weighted by atomic mass is 19.1. The molecule has 1 aliphatic heterocycles. The molecule has 27 heavy (non-hydrogen) atoms.